The molecule has 0 rings (SSSR count). The van der Waals surface area contributed by atoms with Crippen LogP contribution < -0.4 is 11.2 Å². The molecule has 0 aromatic rings. The zero-order chi connectivity index (χ0) is 8.69. The van der Waals surface area contributed by atoms with E-state index in [4.69, 9.17) is 5.73 Å². The maximum atomic E-state index is 10.1. The molecule has 0 saturated heterocycles. The molecule has 0 heterocycles. The molecule has 11 heavy (non-hydrogen) atoms. The smallest absolute Gasteiger partial charge is 0.332 e. The van der Waals surface area contributed by atoms with Crippen LogP contribution in [0.5, 0.6) is 0 Å². The van der Waals surface area contributed by atoms with E-state index in [1.807, 2.05) is 0 Å². The second kappa shape index (κ2) is 5.22. The SMILES string of the molecule is C=C/C=C/C(C)=N/NC(N)=O. The summed E-state index contributed by atoms with van der Waals surface area (Å²) in [5, 5.41) is 3.62. The number of urea groups is 1. The Labute approximate surface area is 65.5 Å². The van der Waals surface area contributed by atoms with Gasteiger partial charge < -0.3 is 5.73 Å². The van der Waals surface area contributed by atoms with Crippen molar-refractivity contribution in [1.82, 2.24) is 5.43 Å². The maximum absolute atomic E-state index is 10.1. The number of hydrazone groups is 1. The number of allylic oxidation sites excluding steroid dienone is 3. The first-order valence-electron chi connectivity index (χ1n) is 3.05. The molecule has 0 aromatic heterocycles. The molecule has 0 aliphatic rings. The molecule has 0 atom stereocenters. The lowest BCUT2D eigenvalue weighted by atomic mass is 10.4. The molecule has 0 spiro atoms. The second-order valence-electron chi connectivity index (χ2n) is 1.82. The number of hydrogen-bond donors (Lipinski definition) is 2. The minimum Gasteiger partial charge on any atom is -0.350 e. The number of carbonyl (C=O) groups excluding carboxylic acids is 1. The van der Waals surface area contributed by atoms with Gasteiger partial charge in [-0.1, -0.05) is 18.7 Å². The van der Waals surface area contributed by atoms with E-state index in [-0.39, 0.29) is 0 Å². The van der Waals surface area contributed by atoms with E-state index in [2.05, 4.69) is 17.1 Å². The Kier molecular flexibility index (Phi) is 4.47. The van der Waals surface area contributed by atoms with Crippen molar-refractivity contribution < 1.29 is 4.79 Å². The summed E-state index contributed by atoms with van der Waals surface area (Å²) in [6.07, 6.45) is 5.02. The van der Waals surface area contributed by atoms with Gasteiger partial charge in [-0.3, -0.25) is 0 Å². The van der Waals surface area contributed by atoms with Gasteiger partial charge in [0.2, 0.25) is 0 Å². The minimum absolute atomic E-state index is 0.656. The zero-order valence-electron chi connectivity index (χ0n) is 6.37. The predicted octanol–water partition coefficient (Wildman–Crippen LogP) is 0.773. The Hall–Kier alpha value is -1.58. The number of carbonyl (C=O) groups is 1. The molecule has 0 radical (unpaired) electrons. The van der Waals surface area contributed by atoms with Crippen LogP contribution in [0.15, 0.2) is 29.9 Å². The highest BCUT2D eigenvalue weighted by atomic mass is 16.2. The van der Waals surface area contributed by atoms with Gasteiger partial charge in [0.05, 0.1) is 5.71 Å². The van der Waals surface area contributed by atoms with Gasteiger partial charge in [-0.05, 0) is 13.0 Å². The number of nitrogens with zero attached hydrogens (tertiary/aromatic N) is 1. The molecule has 0 bridgehead atoms. The third-order valence-electron chi connectivity index (χ3n) is 0.816. The molecule has 4 nitrogen and oxygen atoms in total. The molecule has 4 heteroatoms. The first-order chi connectivity index (χ1) is 5.16. The monoisotopic (exact) mass is 153 g/mol. The third kappa shape index (κ3) is 6.30. The molecule has 0 aliphatic carbocycles. The Morgan fingerprint density at radius 2 is 2.36 bits per heavy atom. The average Bonchev–Trinajstić information content (AvgIpc) is 1.97. The van der Waals surface area contributed by atoms with Crippen molar-refractivity contribution in [2.24, 2.45) is 10.8 Å². The van der Waals surface area contributed by atoms with Gasteiger partial charge in [-0.2, -0.15) is 5.10 Å². The van der Waals surface area contributed by atoms with Gasteiger partial charge in [0.15, 0.2) is 0 Å². The standard InChI is InChI=1S/C7H11N3O/c1-3-4-5-6(2)9-10-7(8)11/h3-5H,1H2,2H3,(H3,8,10,11)/b5-4+,9-6+. The van der Waals surface area contributed by atoms with E-state index < -0.39 is 6.03 Å². The topological polar surface area (TPSA) is 67.5 Å². The van der Waals surface area contributed by atoms with Gasteiger partial charge in [0, 0.05) is 0 Å². The fourth-order valence-electron chi connectivity index (χ4n) is 0.388. The molecule has 0 saturated carbocycles. The van der Waals surface area contributed by atoms with Crippen LogP contribution in [0.1, 0.15) is 6.92 Å². The van der Waals surface area contributed by atoms with E-state index in [1.165, 1.54) is 0 Å². The number of nitrogens with two attached hydrogens (primary N) is 1. The van der Waals surface area contributed by atoms with E-state index in [9.17, 15) is 4.79 Å². The molecule has 2 amide bonds. The number of nitrogens with one attached hydrogen (secondary N) is 1. The van der Waals surface area contributed by atoms with Gasteiger partial charge >= 0.3 is 6.03 Å². The minimum atomic E-state index is -0.670. The van der Waals surface area contributed by atoms with Crippen LogP contribution in [-0.4, -0.2) is 11.7 Å². The Balaban J connectivity index is 3.90. The highest BCUT2D eigenvalue weighted by Crippen LogP contribution is 1.79. The lowest BCUT2D eigenvalue weighted by Gasteiger charge is -1.91. The second-order valence-corrected chi connectivity index (χ2v) is 1.82. The van der Waals surface area contributed by atoms with Gasteiger partial charge in [-0.25, -0.2) is 10.2 Å². The maximum Gasteiger partial charge on any atom is 0.332 e. The molecule has 3 N–H and O–H groups in total. The summed E-state index contributed by atoms with van der Waals surface area (Å²) in [4.78, 5) is 10.1. The predicted molar refractivity (Wildman–Crippen MR) is 45.2 cm³/mol. The largest absolute Gasteiger partial charge is 0.350 e. The van der Waals surface area contributed by atoms with Crippen molar-refractivity contribution in [3.8, 4) is 0 Å². The number of rotatable bonds is 3. The number of hydrogen-bond acceptors (Lipinski definition) is 2. The van der Waals surface area contributed by atoms with Crippen molar-refractivity contribution in [1.29, 1.82) is 0 Å². The molecule has 0 aromatic carbocycles. The lowest BCUT2D eigenvalue weighted by molar-refractivity contribution is 0.249. The molecular formula is C7H11N3O. The average molecular weight is 153 g/mol. The molecule has 0 fully saturated rings. The highest BCUT2D eigenvalue weighted by molar-refractivity contribution is 5.93. The summed E-state index contributed by atoms with van der Waals surface area (Å²) in [7, 11) is 0. The number of amides is 2. The first kappa shape index (κ1) is 9.42. The highest BCUT2D eigenvalue weighted by Gasteiger charge is 1.85. The van der Waals surface area contributed by atoms with Crippen LogP contribution in [0.4, 0.5) is 4.79 Å². The summed E-state index contributed by atoms with van der Waals surface area (Å²) in [6.45, 7) is 5.21. The fourth-order valence-corrected chi connectivity index (χ4v) is 0.388. The van der Waals surface area contributed by atoms with E-state index in [1.54, 1.807) is 25.2 Å². The Bertz CT molecular complexity index is 206. The van der Waals surface area contributed by atoms with Crippen LogP contribution in [-0.2, 0) is 0 Å². The van der Waals surface area contributed by atoms with Gasteiger partial charge in [-0.15, -0.1) is 0 Å². The van der Waals surface area contributed by atoms with E-state index in [0.717, 1.165) is 0 Å². The fraction of sp³-hybridized carbons (Fsp3) is 0.143. The van der Waals surface area contributed by atoms with Crippen molar-refractivity contribution >= 4 is 11.7 Å². The van der Waals surface area contributed by atoms with Gasteiger partial charge in [0.25, 0.3) is 0 Å². The van der Waals surface area contributed by atoms with Crippen LogP contribution in [0.25, 0.3) is 0 Å². The molecular weight excluding hydrogens is 142 g/mol. The van der Waals surface area contributed by atoms with Crippen molar-refractivity contribution in [3.05, 3.63) is 24.8 Å². The summed E-state index contributed by atoms with van der Waals surface area (Å²) < 4.78 is 0. The number of primary amides is 1. The Morgan fingerprint density at radius 3 is 2.82 bits per heavy atom. The zero-order valence-corrected chi connectivity index (χ0v) is 6.37. The lowest BCUT2D eigenvalue weighted by Crippen LogP contribution is -2.25. The summed E-state index contributed by atoms with van der Waals surface area (Å²) in [6, 6.07) is -0.670. The normalized spacial score (nSPS) is 11.5. The van der Waals surface area contributed by atoms with Gasteiger partial charge in [0.1, 0.15) is 0 Å². The van der Waals surface area contributed by atoms with Crippen LogP contribution in [0, 0.1) is 0 Å². The van der Waals surface area contributed by atoms with Crippen molar-refractivity contribution in [2.45, 2.75) is 6.92 Å². The molecule has 0 aliphatic heterocycles. The quantitative estimate of drug-likeness (QED) is 0.351. The summed E-state index contributed by atoms with van der Waals surface area (Å²) >= 11 is 0. The Morgan fingerprint density at radius 1 is 1.73 bits per heavy atom. The first-order valence-corrected chi connectivity index (χ1v) is 3.05. The van der Waals surface area contributed by atoms with Crippen LogP contribution in [0.2, 0.25) is 0 Å². The molecule has 0 unspecified atom stereocenters. The van der Waals surface area contributed by atoms with Crippen LogP contribution >= 0.6 is 0 Å². The van der Waals surface area contributed by atoms with E-state index in [0.29, 0.717) is 5.71 Å². The van der Waals surface area contributed by atoms with Crippen molar-refractivity contribution in [2.75, 3.05) is 0 Å². The molecule has 60 valence electrons. The van der Waals surface area contributed by atoms with Crippen LogP contribution in [0.3, 0.4) is 0 Å². The summed E-state index contributed by atoms with van der Waals surface area (Å²) in [5.41, 5.74) is 7.52. The third-order valence-corrected chi connectivity index (χ3v) is 0.816. The van der Waals surface area contributed by atoms with Crippen molar-refractivity contribution in [3.63, 3.8) is 0 Å². The van der Waals surface area contributed by atoms with E-state index >= 15 is 0 Å². The summed E-state index contributed by atoms with van der Waals surface area (Å²) in [5.74, 6) is 0.